The Labute approximate surface area is 136 Å². The number of aromatic nitrogens is 1. The fourth-order valence-electron chi connectivity index (χ4n) is 2.49. The number of nitrogens with one attached hydrogen (secondary N) is 1. The van der Waals surface area contributed by atoms with Crippen LogP contribution >= 0.6 is 0 Å². The molecule has 1 heterocycles. The predicted molar refractivity (Wildman–Crippen MR) is 81.2 cm³/mol. The first kappa shape index (κ1) is 17.5. The lowest BCUT2D eigenvalue weighted by Gasteiger charge is -2.05. The molecule has 0 aliphatic heterocycles. The van der Waals surface area contributed by atoms with Crippen molar-refractivity contribution in [2.45, 2.75) is 20.8 Å². The third-order valence-electron chi connectivity index (χ3n) is 3.55. The maximum Gasteiger partial charge on any atom is 0.341 e. The number of carbonyl (C=O) groups is 3. The largest absolute Gasteiger partial charge is 0.454 e. The van der Waals surface area contributed by atoms with Crippen LogP contribution in [0.4, 0.5) is 8.78 Å². The van der Waals surface area contributed by atoms with Crippen molar-refractivity contribution < 1.29 is 27.9 Å². The Hall–Kier alpha value is -2.83. The summed E-state index contributed by atoms with van der Waals surface area (Å²) in [6, 6.07) is 2.36. The number of aromatic amines is 1. The Bertz CT molecular complexity index is 839. The van der Waals surface area contributed by atoms with Crippen LogP contribution in [-0.2, 0) is 4.74 Å². The zero-order valence-corrected chi connectivity index (χ0v) is 13.3. The van der Waals surface area contributed by atoms with Crippen LogP contribution in [0.15, 0.2) is 18.2 Å². The minimum atomic E-state index is -1.15. The van der Waals surface area contributed by atoms with E-state index in [1.54, 1.807) is 13.8 Å². The van der Waals surface area contributed by atoms with Gasteiger partial charge in [-0.05, 0) is 44.5 Å². The van der Waals surface area contributed by atoms with Crippen molar-refractivity contribution in [2.24, 2.45) is 0 Å². The molecule has 0 fully saturated rings. The van der Waals surface area contributed by atoms with Crippen molar-refractivity contribution in [2.75, 3.05) is 6.61 Å². The summed E-state index contributed by atoms with van der Waals surface area (Å²) >= 11 is 0. The second-order valence-electron chi connectivity index (χ2n) is 5.30. The molecule has 2 aromatic rings. The van der Waals surface area contributed by atoms with Gasteiger partial charge in [-0.25, -0.2) is 13.6 Å². The van der Waals surface area contributed by atoms with Crippen LogP contribution < -0.4 is 0 Å². The van der Waals surface area contributed by atoms with Crippen molar-refractivity contribution in [1.29, 1.82) is 0 Å². The fraction of sp³-hybridized carbons (Fsp3) is 0.235. The highest BCUT2D eigenvalue weighted by Gasteiger charge is 2.22. The first-order valence-electron chi connectivity index (χ1n) is 7.07. The van der Waals surface area contributed by atoms with E-state index >= 15 is 0 Å². The van der Waals surface area contributed by atoms with Gasteiger partial charge in [0.25, 0.3) is 0 Å². The molecule has 1 aromatic heterocycles. The van der Waals surface area contributed by atoms with Gasteiger partial charge >= 0.3 is 5.97 Å². The maximum absolute atomic E-state index is 13.5. The van der Waals surface area contributed by atoms with E-state index in [9.17, 15) is 23.2 Å². The van der Waals surface area contributed by atoms with Crippen LogP contribution in [0.2, 0.25) is 0 Å². The number of ether oxygens (including phenoxy) is 1. The van der Waals surface area contributed by atoms with Gasteiger partial charge in [0.1, 0.15) is 11.6 Å². The van der Waals surface area contributed by atoms with Gasteiger partial charge in [-0.1, -0.05) is 0 Å². The molecule has 1 N–H and O–H groups in total. The number of aryl methyl sites for hydroxylation is 1. The van der Waals surface area contributed by atoms with E-state index in [4.69, 9.17) is 4.74 Å². The Kier molecular flexibility index (Phi) is 4.92. The summed E-state index contributed by atoms with van der Waals surface area (Å²) in [6.07, 6.45) is 0. The Morgan fingerprint density at radius 2 is 1.83 bits per heavy atom. The third kappa shape index (κ3) is 3.40. The van der Waals surface area contributed by atoms with E-state index in [1.807, 2.05) is 0 Å². The number of Topliss-reactive ketones (excluding diaryl/α,β-unsaturated/α-hetero) is 2. The van der Waals surface area contributed by atoms with E-state index in [-0.39, 0.29) is 11.5 Å². The number of carbonyl (C=O) groups excluding carboxylic acids is 3. The summed E-state index contributed by atoms with van der Waals surface area (Å²) in [4.78, 5) is 38.3. The Morgan fingerprint density at radius 1 is 1.17 bits per heavy atom. The maximum atomic E-state index is 13.5. The zero-order valence-electron chi connectivity index (χ0n) is 13.3. The van der Waals surface area contributed by atoms with E-state index in [0.717, 1.165) is 12.1 Å². The van der Waals surface area contributed by atoms with Gasteiger partial charge in [-0.15, -0.1) is 0 Å². The number of benzene rings is 1. The molecule has 126 valence electrons. The molecule has 0 atom stereocenters. The van der Waals surface area contributed by atoms with Crippen molar-refractivity contribution in [3.63, 3.8) is 0 Å². The van der Waals surface area contributed by atoms with Crippen LogP contribution in [0.1, 0.15) is 49.4 Å². The van der Waals surface area contributed by atoms with Gasteiger partial charge in [-0.2, -0.15) is 0 Å². The number of hydrogen-bond acceptors (Lipinski definition) is 4. The summed E-state index contributed by atoms with van der Waals surface area (Å²) in [5.41, 5.74) is 0.946. The van der Waals surface area contributed by atoms with Crippen LogP contribution in [0.25, 0.3) is 0 Å². The van der Waals surface area contributed by atoms with Gasteiger partial charge in [0, 0.05) is 11.3 Å². The standard InChI is InChI=1S/C17H15F2NO4/c1-8-15(10(3)21)9(2)20-16(8)14(22)7-24-17(23)12-6-11(18)4-5-13(12)19/h4-6,20H,7H2,1-3H3. The molecular formula is C17H15F2NO4. The topological polar surface area (TPSA) is 76.2 Å². The van der Waals surface area contributed by atoms with E-state index in [2.05, 4.69) is 4.98 Å². The molecule has 0 aliphatic rings. The molecule has 7 heteroatoms. The smallest absolute Gasteiger partial charge is 0.341 e. The van der Waals surface area contributed by atoms with Crippen molar-refractivity contribution in [3.8, 4) is 0 Å². The SMILES string of the molecule is CC(=O)c1c(C)[nH]c(C(=O)COC(=O)c2cc(F)ccc2F)c1C. The van der Waals surface area contributed by atoms with Gasteiger partial charge in [0.15, 0.2) is 12.4 Å². The predicted octanol–water partition coefficient (Wildman–Crippen LogP) is 3.15. The van der Waals surface area contributed by atoms with Gasteiger partial charge in [0.2, 0.25) is 5.78 Å². The van der Waals surface area contributed by atoms with E-state index in [0.29, 0.717) is 22.9 Å². The molecule has 0 spiro atoms. The number of esters is 1. The molecule has 0 saturated carbocycles. The molecule has 0 unspecified atom stereocenters. The molecule has 24 heavy (non-hydrogen) atoms. The lowest BCUT2D eigenvalue weighted by molar-refractivity contribution is 0.0468. The fourth-order valence-corrected chi connectivity index (χ4v) is 2.49. The van der Waals surface area contributed by atoms with Crippen molar-refractivity contribution in [1.82, 2.24) is 4.98 Å². The monoisotopic (exact) mass is 335 g/mol. The highest BCUT2D eigenvalue weighted by atomic mass is 19.1. The van der Waals surface area contributed by atoms with Gasteiger partial charge in [0.05, 0.1) is 11.3 Å². The average Bonchev–Trinajstić information content (AvgIpc) is 2.81. The molecule has 2 rings (SSSR count). The molecule has 0 aliphatic carbocycles. The third-order valence-corrected chi connectivity index (χ3v) is 3.55. The molecular weight excluding hydrogens is 320 g/mol. The van der Waals surface area contributed by atoms with Crippen LogP contribution in [0.5, 0.6) is 0 Å². The number of halogens is 2. The summed E-state index contributed by atoms with van der Waals surface area (Å²) in [7, 11) is 0. The molecule has 0 amide bonds. The van der Waals surface area contributed by atoms with Crippen LogP contribution in [0, 0.1) is 25.5 Å². The van der Waals surface area contributed by atoms with Gasteiger partial charge < -0.3 is 9.72 Å². The first-order valence-corrected chi connectivity index (χ1v) is 7.07. The summed E-state index contributed by atoms with van der Waals surface area (Å²) in [6.45, 7) is 3.97. The lowest BCUT2D eigenvalue weighted by atomic mass is 10.1. The molecule has 0 radical (unpaired) electrons. The molecule has 0 bridgehead atoms. The molecule has 5 nitrogen and oxygen atoms in total. The van der Waals surface area contributed by atoms with Crippen LogP contribution in [-0.4, -0.2) is 29.1 Å². The van der Waals surface area contributed by atoms with Crippen LogP contribution in [0.3, 0.4) is 0 Å². The highest BCUT2D eigenvalue weighted by Crippen LogP contribution is 2.19. The zero-order chi connectivity index (χ0) is 18.0. The number of ketones is 2. The number of H-pyrrole nitrogens is 1. The second kappa shape index (κ2) is 6.74. The summed E-state index contributed by atoms with van der Waals surface area (Å²) in [5.74, 6) is -3.66. The summed E-state index contributed by atoms with van der Waals surface area (Å²) in [5, 5.41) is 0. The van der Waals surface area contributed by atoms with Gasteiger partial charge in [-0.3, -0.25) is 9.59 Å². The minimum Gasteiger partial charge on any atom is -0.454 e. The quantitative estimate of drug-likeness (QED) is 0.673. The Balaban J connectivity index is 2.14. The van der Waals surface area contributed by atoms with E-state index in [1.165, 1.54) is 6.92 Å². The molecule has 1 aromatic carbocycles. The number of hydrogen-bond donors (Lipinski definition) is 1. The van der Waals surface area contributed by atoms with Crippen molar-refractivity contribution >= 4 is 17.5 Å². The number of rotatable bonds is 5. The highest BCUT2D eigenvalue weighted by molar-refractivity contribution is 6.04. The molecule has 0 saturated heterocycles. The van der Waals surface area contributed by atoms with Crippen molar-refractivity contribution in [3.05, 3.63) is 57.9 Å². The summed E-state index contributed by atoms with van der Waals surface area (Å²) < 4.78 is 31.3. The lowest BCUT2D eigenvalue weighted by Crippen LogP contribution is -2.16. The second-order valence-corrected chi connectivity index (χ2v) is 5.30. The van der Waals surface area contributed by atoms with E-state index < -0.39 is 35.6 Å². The Morgan fingerprint density at radius 3 is 2.42 bits per heavy atom. The first-order chi connectivity index (χ1) is 11.2. The normalized spacial score (nSPS) is 10.5. The average molecular weight is 335 g/mol. The minimum absolute atomic E-state index is 0.144.